The molecule has 6 heteroatoms. The Labute approximate surface area is 160 Å². The van der Waals surface area contributed by atoms with Gasteiger partial charge in [0, 0.05) is 36.3 Å². The van der Waals surface area contributed by atoms with Gasteiger partial charge >= 0.3 is 0 Å². The number of methoxy groups -OCH3 is 1. The van der Waals surface area contributed by atoms with Crippen molar-refractivity contribution < 1.29 is 4.74 Å². The Balaban J connectivity index is 1.55. The van der Waals surface area contributed by atoms with E-state index in [1.165, 1.54) is 31.5 Å². The number of hydrogen-bond donors (Lipinski definition) is 1. The SMILES string of the molecule is COc1ccc([C@@H]2CN(c3cc(C)nc(N)n3)[C@@H]3C4CCN(CC4)[C@@H]32)cc1. The van der Waals surface area contributed by atoms with E-state index in [4.69, 9.17) is 10.5 Å². The maximum absolute atomic E-state index is 5.98. The largest absolute Gasteiger partial charge is 0.497 e. The zero-order valence-corrected chi connectivity index (χ0v) is 16.0. The van der Waals surface area contributed by atoms with E-state index >= 15 is 0 Å². The van der Waals surface area contributed by atoms with Gasteiger partial charge in [-0.15, -0.1) is 0 Å². The number of anilines is 2. The first-order valence-electron chi connectivity index (χ1n) is 9.90. The van der Waals surface area contributed by atoms with Gasteiger partial charge in [0.2, 0.25) is 5.95 Å². The van der Waals surface area contributed by atoms with Gasteiger partial charge in [0.05, 0.1) is 7.11 Å². The minimum atomic E-state index is 0.371. The van der Waals surface area contributed by atoms with Crippen molar-refractivity contribution in [2.45, 2.75) is 37.8 Å². The van der Waals surface area contributed by atoms with Crippen LogP contribution in [-0.2, 0) is 0 Å². The molecule has 4 fully saturated rings. The predicted octanol–water partition coefficient (Wildman–Crippen LogP) is 2.44. The van der Waals surface area contributed by atoms with Crippen LogP contribution in [0.4, 0.5) is 11.8 Å². The van der Waals surface area contributed by atoms with Crippen molar-refractivity contribution in [3.8, 4) is 5.75 Å². The first-order chi connectivity index (χ1) is 13.1. The van der Waals surface area contributed by atoms with Crippen LogP contribution in [-0.4, -0.2) is 53.7 Å². The molecule has 142 valence electrons. The Bertz CT molecular complexity index is 811. The van der Waals surface area contributed by atoms with E-state index < -0.39 is 0 Å². The van der Waals surface area contributed by atoms with Crippen LogP contribution >= 0.6 is 0 Å². The lowest BCUT2D eigenvalue weighted by Gasteiger charge is -2.51. The van der Waals surface area contributed by atoms with Crippen LogP contribution in [0.2, 0.25) is 0 Å². The Morgan fingerprint density at radius 1 is 1.07 bits per heavy atom. The summed E-state index contributed by atoms with van der Waals surface area (Å²) in [5.41, 5.74) is 8.30. The van der Waals surface area contributed by atoms with E-state index in [2.05, 4.69) is 50.1 Å². The Morgan fingerprint density at radius 2 is 1.81 bits per heavy atom. The molecule has 2 N–H and O–H groups in total. The second kappa shape index (κ2) is 6.37. The first kappa shape index (κ1) is 16.8. The smallest absolute Gasteiger partial charge is 0.222 e. The minimum absolute atomic E-state index is 0.371. The zero-order chi connectivity index (χ0) is 18.5. The molecule has 0 aliphatic carbocycles. The van der Waals surface area contributed by atoms with Crippen LogP contribution in [0.5, 0.6) is 5.75 Å². The number of ether oxygens (including phenoxy) is 1. The summed E-state index contributed by atoms with van der Waals surface area (Å²) < 4.78 is 5.35. The molecule has 2 aromatic rings. The van der Waals surface area contributed by atoms with Crippen molar-refractivity contribution >= 4 is 11.8 Å². The van der Waals surface area contributed by atoms with E-state index in [-0.39, 0.29) is 0 Å². The summed E-state index contributed by atoms with van der Waals surface area (Å²) >= 11 is 0. The molecule has 5 heterocycles. The van der Waals surface area contributed by atoms with E-state index in [0.29, 0.717) is 23.9 Å². The van der Waals surface area contributed by atoms with Crippen molar-refractivity contribution in [2.24, 2.45) is 5.92 Å². The molecule has 1 aromatic carbocycles. The third kappa shape index (κ3) is 2.74. The molecule has 0 unspecified atom stereocenters. The summed E-state index contributed by atoms with van der Waals surface area (Å²) in [4.78, 5) is 14.1. The standard InChI is InChI=1S/C21H27N5O/c1-13-11-18(24-21(22)23-13)26-12-17(14-3-5-16(27-2)6-4-14)20-19(26)15-7-9-25(20)10-8-15/h3-6,11,15,17,19-20H,7-10,12H2,1-2H3,(H2,22,23,24)/t17-,19+,20+/m0/s1. The Hall–Kier alpha value is -2.34. The number of nitrogens with two attached hydrogens (primary N) is 1. The fourth-order valence-corrected chi connectivity index (χ4v) is 5.55. The molecule has 6 nitrogen and oxygen atoms in total. The van der Waals surface area contributed by atoms with E-state index in [9.17, 15) is 0 Å². The average molecular weight is 365 g/mol. The number of piperidine rings is 3. The van der Waals surface area contributed by atoms with Gasteiger partial charge in [0.15, 0.2) is 0 Å². The Morgan fingerprint density at radius 3 is 2.48 bits per heavy atom. The maximum atomic E-state index is 5.98. The number of hydrogen-bond acceptors (Lipinski definition) is 6. The minimum Gasteiger partial charge on any atom is -0.497 e. The van der Waals surface area contributed by atoms with Gasteiger partial charge in [-0.2, -0.15) is 4.98 Å². The predicted molar refractivity (Wildman–Crippen MR) is 106 cm³/mol. The van der Waals surface area contributed by atoms with Crippen molar-refractivity contribution in [2.75, 3.05) is 37.4 Å². The lowest BCUT2D eigenvalue weighted by Crippen LogP contribution is -2.60. The monoisotopic (exact) mass is 365 g/mol. The number of aromatic nitrogens is 2. The van der Waals surface area contributed by atoms with Crippen LogP contribution in [0, 0.1) is 12.8 Å². The summed E-state index contributed by atoms with van der Waals surface area (Å²) in [6, 6.07) is 11.8. The van der Waals surface area contributed by atoms with Crippen LogP contribution in [0.1, 0.15) is 30.0 Å². The lowest BCUT2D eigenvalue weighted by atomic mass is 9.75. The molecule has 27 heavy (non-hydrogen) atoms. The second-order valence-corrected chi connectivity index (χ2v) is 8.11. The highest BCUT2D eigenvalue weighted by atomic mass is 16.5. The molecular weight excluding hydrogens is 338 g/mol. The number of benzene rings is 1. The highest BCUT2D eigenvalue weighted by molar-refractivity contribution is 5.50. The van der Waals surface area contributed by atoms with Gasteiger partial charge in [-0.05, 0) is 56.5 Å². The van der Waals surface area contributed by atoms with Crippen molar-refractivity contribution in [1.29, 1.82) is 0 Å². The molecule has 2 bridgehead atoms. The molecule has 0 amide bonds. The van der Waals surface area contributed by atoms with E-state index in [0.717, 1.165) is 29.7 Å². The maximum Gasteiger partial charge on any atom is 0.222 e. The molecular formula is C21H27N5O. The molecule has 4 aliphatic rings. The summed E-state index contributed by atoms with van der Waals surface area (Å²) in [6.45, 7) is 5.41. The van der Waals surface area contributed by atoms with Gasteiger partial charge in [-0.3, -0.25) is 4.90 Å². The van der Waals surface area contributed by atoms with Gasteiger partial charge in [-0.1, -0.05) is 12.1 Å². The molecule has 0 saturated carbocycles. The third-order valence-corrected chi connectivity index (χ3v) is 6.69. The van der Waals surface area contributed by atoms with Crippen molar-refractivity contribution in [3.05, 3.63) is 41.6 Å². The number of fused-ring (bicyclic) bond motifs is 2. The van der Waals surface area contributed by atoms with Crippen molar-refractivity contribution in [1.82, 2.24) is 14.9 Å². The number of nitrogen functional groups attached to an aromatic ring is 1. The van der Waals surface area contributed by atoms with E-state index in [1.54, 1.807) is 7.11 Å². The Kier molecular flexibility index (Phi) is 3.97. The molecule has 0 spiro atoms. The fourth-order valence-electron chi connectivity index (χ4n) is 5.55. The number of aryl methyl sites for hydroxylation is 1. The fraction of sp³-hybridized carbons (Fsp3) is 0.524. The third-order valence-electron chi connectivity index (χ3n) is 6.69. The van der Waals surface area contributed by atoms with E-state index in [1.807, 2.05) is 6.92 Å². The summed E-state index contributed by atoms with van der Waals surface area (Å²) in [5.74, 6) is 3.48. The van der Waals surface area contributed by atoms with Gasteiger partial charge in [0.25, 0.3) is 0 Å². The van der Waals surface area contributed by atoms with Crippen LogP contribution < -0.4 is 15.4 Å². The van der Waals surface area contributed by atoms with Crippen LogP contribution in [0.3, 0.4) is 0 Å². The van der Waals surface area contributed by atoms with Gasteiger partial charge in [-0.25, -0.2) is 4.98 Å². The molecule has 1 aromatic heterocycles. The average Bonchev–Trinajstić information content (AvgIpc) is 3.11. The first-order valence-corrected chi connectivity index (χ1v) is 9.90. The highest BCUT2D eigenvalue weighted by Crippen LogP contribution is 2.47. The lowest BCUT2D eigenvalue weighted by molar-refractivity contribution is 0.0354. The molecule has 4 saturated heterocycles. The highest BCUT2D eigenvalue weighted by Gasteiger charge is 2.53. The summed E-state index contributed by atoms with van der Waals surface area (Å²) in [6.07, 6.45) is 2.57. The second-order valence-electron chi connectivity index (χ2n) is 8.11. The molecule has 6 rings (SSSR count). The number of nitrogens with zero attached hydrogens (tertiary/aromatic N) is 4. The number of rotatable bonds is 3. The quantitative estimate of drug-likeness (QED) is 0.901. The summed E-state index contributed by atoms with van der Waals surface area (Å²) in [7, 11) is 1.72. The normalized spacial score (nSPS) is 31.8. The van der Waals surface area contributed by atoms with Gasteiger partial charge in [0.1, 0.15) is 11.6 Å². The van der Waals surface area contributed by atoms with Gasteiger partial charge < -0.3 is 15.4 Å². The topological polar surface area (TPSA) is 67.5 Å². The summed E-state index contributed by atoms with van der Waals surface area (Å²) in [5, 5.41) is 0. The molecule has 4 aliphatic heterocycles. The molecule has 0 radical (unpaired) electrons. The van der Waals surface area contributed by atoms with Crippen LogP contribution in [0.15, 0.2) is 30.3 Å². The molecule has 3 atom stereocenters. The van der Waals surface area contributed by atoms with Crippen molar-refractivity contribution in [3.63, 3.8) is 0 Å². The zero-order valence-electron chi connectivity index (χ0n) is 16.0. The van der Waals surface area contributed by atoms with Crippen LogP contribution in [0.25, 0.3) is 0 Å².